The van der Waals surface area contributed by atoms with Gasteiger partial charge < -0.3 is 5.32 Å². The molecule has 1 saturated carbocycles. The molecule has 1 atom stereocenters. The SMILES string of the molecule is CC(C)CCC(C)Nc1cc(Cl)nc(C2CC2)n1. The lowest BCUT2D eigenvalue weighted by atomic mass is 10.0. The molecule has 18 heavy (non-hydrogen) atoms. The molecule has 0 radical (unpaired) electrons. The van der Waals surface area contributed by atoms with Gasteiger partial charge in [0, 0.05) is 18.0 Å². The molecule has 1 unspecified atom stereocenters. The summed E-state index contributed by atoms with van der Waals surface area (Å²) in [5.41, 5.74) is 0. The summed E-state index contributed by atoms with van der Waals surface area (Å²) < 4.78 is 0. The molecule has 2 rings (SSSR count). The van der Waals surface area contributed by atoms with E-state index in [9.17, 15) is 0 Å². The van der Waals surface area contributed by atoms with Gasteiger partial charge in [-0.25, -0.2) is 9.97 Å². The molecule has 0 spiro atoms. The van der Waals surface area contributed by atoms with Crippen LogP contribution in [-0.4, -0.2) is 16.0 Å². The maximum absolute atomic E-state index is 6.04. The first kappa shape index (κ1) is 13.6. The zero-order chi connectivity index (χ0) is 13.1. The van der Waals surface area contributed by atoms with Crippen molar-refractivity contribution in [2.45, 2.75) is 58.4 Å². The van der Waals surface area contributed by atoms with E-state index in [-0.39, 0.29) is 0 Å². The molecule has 1 aromatic rings. The van der Waals surface area contributed by atoms with E-state index in [0.717, 1.165) is 24.0 Å². The maximum atomic E-state index is 6.04. The second-order valence-electron chi connectivity index (χ2n) is 5.72. The van der Waals surface area contributed by atoms with Crippen molar-refractivity contribution in [2.24, 2.45) is 5.92 Å². The van der Waals surface area contributed by atoms with E-state index < -0.39 is 0 Å². The van der Waals surface area contributed by atoms with Crippen molar-refractivity contribution in [3.63, 3.8) is 0 Å². The topological polar surface area (TPSA) is 37.8 Å². The summed E-state index contributed by atoms with van der Waals surface area (Å²) in [6.07, 6.45) is 4.77. The van der Waals surface area contributed by atoms with Gasteiger partial charge in [0.1, 0.15) is 16.8 Å². The quantitative estimate of drug-likeness (QED) is 0.783. The van der Waals surface area contributed by atoms with E-state index in [2.05, 4.69) is 36.1 Å². The molecule has 0 bridgehead atoms. The Hall–Kier alpha value is -0.830. The lowest BCUT2D eigenvalue weighted by molar-refractivity contribution is 0.527. The molecule has 0 amide bonds. The van der Waals surface area contributed by atoms with Crippen LogP contribution in [0.25, 0.3) is 0 Å². The second kappa shape index (κ2) is 5.87. The van der Waals surface area contributed by atoms with Crippen LogP contribution in [0.4, 0.5) is 5.82 Å². The van der Waals surface area contributed by atoms with Crippen LogP contribution >= 0.6 is 11.6 Å². The molecule has 0 aromatic carbocycles. The van der Waals surface area contributed by atoms with Crippen molar-refractivity contribution in [1.29, 1.82) is 0 Å². The predicted molar refractivity (Wildman–Crippen MR) is 76.2 cm³/mol. The Kier molecular flexibility index (Phi) is 4.44. The summed E-state index contributed by atoms with van der Waals surface area (Å²) in [5.74, 6) is 3.05. The zero-order valence-corrected chi connectivity index (χ0v) is 12.2. The van der Waals surface area contributed by atoms with E-state index in [0.29, 0.717) is 17.1 Å². The monoisotopic (exact) mass is 267 g/mol. The lowest BCUT2D eigenvalue weighted by Gasteiger charge is -2.16. The summed E-state index contributed by atoms with van der Waals surface area (Å²) in [5, 5.41) is 3.97. The Labute approximate surface area is 114 Å². The predicted octanol–water partition coefficient (Wildman–Crippen LogP) is 4.24. The van der Waals surface area contributed by atoms with Crippen molar-refractivity contribution in [3.05, 3.63) is 17.0 Å². The van der Waals surface area contributed by atoms with Crippen molar-refractivity contribution in [1.82, 2.24) is 9.97 Å². The van der Waals surface area contributed by atoms with E-state index in [1.54, 1.807) is 0 Å². The Morgan fingerprint density at radius 1 is 1.28 bits per heavy atom. The number of halogens is 1. The van der Waals surface area contributed by atoms with Crippen LogP contribution < -0.4 is 5.32 Å². The first-order valence-corrected chi connectivity index (χ1v) is 7.23. The number of rotatable bonds is 6. The van der Waals surface area contributed by atoms with E-state index in [4.69, 9.17) is 11.6 Å². The summed E-state index contributed by atoms with van der Waals surface area (Å²) in [4.78, 5) is 8.85. The third-order valence-electron chi connectivity index (χ3n) is 3.23. The number of anilines is 1. The van der Waals surface area contributed by atoms with Gasteiger partial charge in [-0.3, -0.25) is 0 Å². The van der Waals surface area contributed by atoms with E-state index >= 15 is 0 Å². The minimum absolute atomic E-state index is 0.422. The molecule has 0 saturated heterocycles. The van der Waals surface area contributed by atoms with Gasteiger partial charge in [0.25, 0.3) is 0 Å². The smallest absolute Gasteiger partial charge is 0.135 e. The fourth-order valence-corrected chi connectivity index (χ4v) is 2.13. The van der Waals surface area contributed by atoms with Gasteiger partial charge in [0.2, 0.25) is 0 Å². The lowest BCUT2D eigenvalue weighted by Crippen LogP contribution is -2.17. The average Bonchev–Trinajstić information content (AvgIpc) is 3.09. The van der Waals surface area contributed by atoms with Gasteiger partial charge >= 0.3 is 0 Å². The first-order chi connectivity index (χ1) is 8.54. The van der Waals surface area contributed by atoms with Crippen LogP contribution in [0.3, 0.4) is 0 Å². The Morgan fingerprint density at radius 3 is 2.61 bits per heavy atom. The second-order valence-corrected chi connectivity index (χ2v) is 6.11. The summed E-state index contributed by atoms with van der Waals surface area (Å²) in [6, 6.07) is 2.24. The normalized spacial score (nSPS) is 16.9. The van der Waals surface area contributed by atoms with Crippen LogP contribution in [0, 0.1) is 5.92 Å². The Morgan fingerprint density at radius 2 is 2.00 bits per heavy atom. The molecule has 1 aliphatic rings. The van der Waals surface area contributed by atoms with Gasteiger partial charge in [0.15, 0.2) is 0 Å². The largest absolute Gasteiger partial charge is 0.367 e. The third-order valence-corrected chi connectivity index (χ3v) is 3.42. The maximum Gasteiger partial charge on any atom is 0.135 e. The summed E-state index contributed by atoms with van der Waals surface area (Å²) in [6.45, 7) is 6.69. The molecule has 100 valence electrons. The number of nitrogens with one attached hydrogen (secondary N) is 1. The number of aromatic nitrogens is 2. The first-order valence-electron chi connectivity index (χ1n) is 6.85. The van der Waals surface area contributed by atoms with Crippen molar-refractivity contribution in [2.75, 3.05) is 5.32 Å². The minimum atomic E-state index is 0.422. The van der Waals surface area contributed by atoms with Gasteiger partial charge in [0.05, 0.1) is 0 Å². The number of nitrogens with zero attached hydrogens (tertiary/aromatic N) is 2. The van der Waals surface area contributed by atoms with Crippen LogP contribution in [0.15, 0.2) is 6.07 Å². The van der Waals surface area contributed by atoms with Crippen LogP contribution in [0.2, 0.25) is 5.15 Å². The molecule has 1 heterocycles. The molecule has 1 aromatic heterocycles. The Balaban J connectivity index is 1.95. The van der Waals surface area contributed by atoms with Gasteiger partial charge in [-0.05, 0) is 38.5 Å². The molecular weight excluding hydrogens is 246 g/mol. The van der Waals surface area contributed by atoms with Crippen molar-refractivity contribution >= 4 is 17.4 Å². The van der Waals surface area contributed by atoms with E-state index in [1.165, 1.54) is 19.3 Å². The van der Waals surface area contributed by atoms with Crippen LogP contribution in [0.5, 0.6) is 0 Å². The molecule has 0 aliphatic heterocycles. The van der Waals surface area contributed by atoms with Crippen LogP contribution in [-0.2, 0) is 0 Å². The summed E-state index contributed by atoms with van der Waals surface area (Å²) in [7, 11) is 0. The van der Waals surface area contributed by atoms with Crippen molar-refractivity contribution < 1.29 is 0 Å². The van der Waals surface area contributed by atoms with Crippen molar-refractivity contribution in [3.8, 4) is 0 Å². The fraction of sp³-hybridized carbons (Fsp3) is 0.714. The minimum Gasteiger partial charge on any atom is -0.367 e. The highest BCUT2D eigenvalue weighted by molar-refractivity contribution is 6.29. The standard InChI is InChI=1S/C14H22ClN3/c1-9(2)4-5-10(3)16-13-8-12(15)17-14(18-13)11-6-7-11/h8-11H,4-7H2,1-3H3,(H,16,17,18). The highest BCUT2D eigenvalue weighted by Gasteiger charge is 2.27. The molecule has 4 heteroatoms. The van der Waals surface area contributed by atoms with Gasteiger partial charge in [-0.2, -0.15) is 0 Å². The molecule has 1 aliphatic carbocycles. The van der Waals surface area contributed by atoms with E-state index in [1.807, 2.05) is 6.07 Å². The molecular formula is C14H22ClN3. The highest BCUT2D eigenvalue weighted by atomic mass is 35.5. The molecule has 1 N–H and O–H groups in total. The van der Waals surface area contributed by atoms with Gasteiger partial charge in [-0.1, -0.05) is 25.4 Å². The van der Waals surface area contributed by atoms with Crippen LogP contribution in [0.1, 0.15) is 58.2 Å². The molecule has 1 fully saturated rings. The number of hydrogen-bond acceptors (Lipinski definition) is 3. The average molecular weight is 268 g/mol. The molecule has 3 nitrogen and oxygen atoms in total. The summed E-state index contributed by atoms with van der Waals surface area (Å²) >= 11 is 6.04. The number of hydrogen-bond donors (Lipinski definition) is 1. The third kappa shape index (κ3) is 4.13. The van der Waals surface area contributed by atoms with Gasteiger partial charge in [-0.15, -0.1) is 0 Å². The fourth-order valence-electron chi connectivity index (χ4n) is 1.94. The zero-order valence-electron chi connectivity index (χ0n) is 11.4. The highest BCUT2D eigenvalue weighted by Crippen LogP contribution is 2.38. The Bertz CT molecular complexity index is 402.